The van der Waals surface area contributed by atoms with Crippen molar-refractivity contribution >= 4 is 17.8 Å². The number of rotatable bonds is 10. The number of halogens is 14. The van der Waals surface area contributed by atoms with Gasteiger partial charge in [0.2, 0.25) is 5.91 Å². The van der Waals surface area contributed by atoms with E-state index >= 15 is 0 Å². The van der Waals surface area contributed by atoms with Gasteiger partial charge < -0.3 is 25.6 Å². The van der Waals surface area contributed by atoms with Crippen molar-refractivity contribution in [2.75, 3.05) is 0 Å². The Morgan fingerprint density at radius 2 is 0.930 bits per heavy atom. The maximum atomic E-state index is 14.2. The fourth-order valence-corrected chi connectivity index (χ4v) is 4.41. The van der Waals surface area contributed by atoms with Crippen LogP contribution in [0.4, 0.5) is 61.5 Å². The quantitative estimate of drug-likeness (QED) is 0.137. The highest BCUT2D eigenvalue weighted by Gasteiger charge is 2.38. The minimum absolute atomic E-state index is 0.0230. The molecular weight excluding hydrogens is 810 g/mol. The fourth-order valence-electron chi connectivity index (χ4n) is 4.41. The van der Waals surface area contributed by atoms with Gasteiger partial charge in [0.15, 0.2) is 0 Å². The molecule has 57 heavy (non-hydrogen) atoms. The average Bonchev–Trinajstić information content (AvgIpc) is 3.08. The summed E-state index contributed by atoms with van der Waals surface area (Å²) in [6, 6.07) is 6.16. The molecule has 2 amide bonds. The molecule has 0 bridgehead atoms. The first-order valence-electron chi connectivity index (χ1n) is 15.3. The van der Waals surface area contributed by atoms with Gasteiger partial charge in [-0.2, -0.15) is 52.7 Å². The molecule has 308 valence electrons. The maximum Gasteiger partial charge on any atom is 0.416 e. The lowest BCUT2D eigenvalue weighted by molar-refractivity contribution is -0.144. The molecule has 0 aliphatic rings. The first-order chi connectivity index (χ1) is 26.1. The van der Waals surface area contributed by atoms with Crippen molar-refractivity contribution in [1.29, 1.82) is 0 Å². The molecule has 4 rings (SSSR count). The zero-order valence-corrected chi connectivity index (χ0v) is 28.3. The van der Waals surface area contributed by atoms with Gasteiger partial charge in [-0.3, -0.25) is 9.59 Å². The first kappa shape index (κ1) is 45.3. The molecule has 0 unspecified atom stereocenters. The van der Waals surface area contributed by atoms with E-state index in [0.29, 0.717) is 30.3 Å². The summed E-state index contributed by atoms with van der Waals surface area (Å²) in [7, 11) is 0. The molecule has 0 aliphatic heterocycles. The Balaban J connectivity index is 0.000000310. The number of alkyl halides is 12. The molecular formula is C35H24F14N2O6. The predicted molar refractivity (Wildman–Crippen MR) is 167 cm³/mol. The molecule has 0 radical (unpaired) electrons. The van der Waals surface area contributed by atoms with E-state index in [2.05, 4.69) is 5.32 Å². The Bertz CT molecular complexity index is 2050. The van der Waals surface area contributed by atoms with Gasteiger partial charge in [-0.05, 0) is 78.7 Å². The molecule has 0 heterocycles. The van der Waals surface area contributed by atoms with Crippen molar-refractivity contribution in [3.8, 4) is 11.5 Å². The molecule has 4 aromatic rings. The first-order valence-corrected chi connectivity index (χ1v) is 15.3. The van der Waals surface area contributed by atoms with Crippen LogP contribution in [0.1, 0.15) is 61.0 Å². The van der Waals surface area contributed by atoms with Crippen LogP contribution < -0.4 is 20.5 Å². The Labute approximate surface area is 310 Å². The van der Waals surface area contributed by atoms with Gasteiger partial charge in [0.05, 0.1) is 33.4 Å². The number of benzene rings is 4. The zero-order valence-electron chi connectivity index (χ0n) is 28.3. The second-order valence-corrected chi connectivity index (χ2v) is 11.6. The summed E-state index contributed by atoms with van der Waals surface area (Å²) >= 11 is 0. The van der Waals surface area contributed by atoms with Gasteiger partial charge in [0.1, 0.15) is 42.4 Å². The third-order valence-corrected chi connectivity index (χ3v) is 7.24. The van der Waals surface area contributed by atoms with E-state index in [1.165, 1.54) is 6.92 Å². The normalized spacial score (nSPS) is 12.5. The van der Waals surface area contributed by atoms with Crippen molar-refractivity contribution in [3.05, 3.63) is 129 Å². The Hall–Kier alpha value is -6.09. The summed E-state index contributed by atoms with van der Waals surface area (Å²) < 4.78 is 192. The number of hydrogen-bond donors (Lipinski definition) is 3. The predicted octanol–water partition coefficient (Wildman–Crippen LogP) is 9.19. The Morgan fingerprint density at radius 3 is 1.21 bits per heavy atom. The van der Waals surface area contributed by atoms with E-state index in [-0.39, 0.29) is 23.6 Å². The molecule has 0 aliphatic carbocycles. The van der Waals surface area contributed by atoms with Crippen molar-refractivity contribution < 1.29 is 90.4 Å². The summed E-state index contributed by atoms with van der Waals surface area (Å²) in [5.74, 6) is -6.10. The van der Waals surface area contributed by atoms with Crippen molar-refractivity contribution in [2.24, 2.45) is 5.73 Å². The second kappa shape index (κ2) is 17.4. The lowest BCUT2D eigenvalue weighted by atomic mass is 10.1. The third-order valence-electron chi connectivity index (χ3n) is 7.24. The highest BCUT2D eigenvalue weighted by atomic mass is 19.4. The zero-order chi connectivity index (χ0) is 43.3. The Kier molecular flexibility index (Phi) is 13.8. The smallest absolute Gasteiger partial charge is 0.416 e. The number of carbonyl (C=O) groups is 3. The van der Waals surface area contributed by atoms with Crippen LogP contribution in [0.2, 0.25) is 0 Å². The Morgan fingerprint density at radius 1 is 0.596 bits per heavy atom. The van der Waals surface area contributed by atoms with Crippen LogP contribution in [0.25, 0.3) is 0 Å². The number of carboxylic acids is 1. The van der Waals surface area contributed by atoms with E-state index in [0.717, 1.165) is 30.3 Å². The topological polar surface area (TPSA) is 128 Å². The minimum Gasteiger partial charge on any atom is -0.489 e. The van der Waals surface area contributed by atoms with Crippen molar-refractivity contribution in [1.82, 2.24) is 5.32 Å². The fraction of sp³-hybridized carbons (Fsp3) is 0.229. The number of hydrogen-bond acceptors (Lipinski definition) is 5. The van der Waals surface area contributed by atoms with Crippen molar-refractivity contribution in [3.63, 3.8) is 0 Å². The molecule has 1 atom stereocenters. The second-order valence-electron chi connectivity index (χ2n) is 11.6. The molecule has 4 N–H and O–H groups in total. The number of primary amides is 1. The summed E-state index contributed by atoms with van der Waals surface area (Å²) in [6.45, 7) is -0.157. The summed E-state index contributed by atoms with van der Waals surface area (Å²) in [4.78, 5) is 33.6. The van der Waals surface area contributed by atoms with Gasteiger partial charge in [-0.1, -0.05) is 0 Å². The van der Waals surface area contributed by atoms with Gasteiger partial charge in [0.25, 0.3) is 5.91 Å². The number of carboxylic acid groups (broad SMARTS) is 1. The summed E-state index contributed by atoms with van der Waals surface area (Å²) in [5, 5.41) is 10.8. The van der Waals surface area contributed by atoms with E-state index < -0.39 is 118 Å². The summed E-state index contributed by atoms with van der Waals surface area (Å²) in [5.41, 5.74) is -3.05. The highest BCUT2D eigenvalue weighted by Crippen LogP contribution is 2.38. The molecule has 4 aromatic carbocycles. The molecule has 0 spiro atoms. The van der Waals surface area contributed by atoms with Gasteiger partial charge in [-0.15, -0.1) is 0 Å². The number of aromatic carboxylic acids is 1. The standard InChI is InChI=1S/C19H15F7N2O3.C16H9F7O3/c1-9(16(27)29)28-17(30)14-3-2-13(7-15(14)20)31-8-10-4-11(18(21,22)23)6-12(5-10)19(24,25)26;17-13-6-11(1-2-12(13)14(24)25)26-7-8-3-9(15(18,19)20)5-10(4-8)16(21,22)23/h2-7,9H,8H2,1H3,(H2,27,29)(H,28,30);1-6H,7H2,(H,24,25)/t9-;/m0./s1. The van der Waals surface area contributed by atoms with E-state index in [1.807, 2.05) is 0 Å². The van der Waals surface area contributed by atoms with Crippen LogP contribution in [0.3, 0.4) is 0 Å². The lowest BCUT2D eigenvalue weighted by Gasteiger charge is -2.15. The maximum absolute atomic E-state index is 14.2. The molecule has 22 heteroatoms. The van der Waals surface area contributed by atoms with E-state index in [1.54, 1.807) is 0 Å². The van der Waals surface area contributed by atoms with Gasteiger partial charge >= 0.3 is 30.7 Å². The van der Waals surface area contributed by atoms with Crippen LogP contribution in [0.15, 0.2) is 72.8 Å². The van der Waals surface area contributed by atoms with Crippen LogP contribution >= 0.6 is 0 Å². The minimum atomic E-state index is -5.01. The van der Waals surface area contributed by atoms with E-state index in [9.17, 15) is 75.8 Å². The number of ether oxygens (including phenoxy) is 2. The highest BCUT2D eigenvalue weighted by molar-refractivity contribution is 5.97. The number of carbonyl (C=O) groups excluding carboxylic acids is 2. The molecule has 0 saturated heterocycles. The van der Waals surface area contributed by atoms with Crippen LogP contribution in [0.5, 0.6) is 11.5 Å². The number of amides is 2. The summed E-state index contributed by atoms with van der Waals surface area (Å²) in [6.07, 6.45) is -20.0. The van der Waals surface area contributed by atoms with Gasteiger partial charge in [-0.25, -0.2) is 13.6 Å². The average molecular weight is 835 g/mol. The van der Waals surface area contributed by atoms with E-state index in [4.69, 9.17) is 20.3 Å². The number of nitrogens with one attached hydrogen (secondary N) is 1. The SMILES string of the molecule is C[C@H](NC(=O)c1ccc(OCc2cc(C(F)(F)F)cc(C(F)(F)F)c2)cc1F)C(N)=O.O=C(O)c1ccc(OCc2cc(C(F)(F)F)cc(C(F)(F)F)c2)cc1F. The molecule has 8 nitrogen and oxygen atoms in total. The largest absolute Gasteiger partial charge is 0.489 e. The monoisotopic (exact) mass is 834 g/mol. The van der Waals surface area contributed by atoms with Crippen LogP contribution in [0, 0.1) is 11.6 Å². The lowest BCUT2D eigenvalue weighted by Crippen LogP contribution is -2.42. The molecule has 0 aromatic heterocycles. The van der Waals surface area contributed by atoms with Crippen molar-refractivity contribution in [2.45, 2.75) is 50.9 Å². The van der Waals surface area contributed by atoms with Gasteiger partial charge in [0, 0.05) is 12.1 Å². The third kappa shape index (κ3) is 13.0. The molecule has 0 fully saturated rings. The number of nitrogens with two attached hydrogens (primary N) is 1. The van der Waals surface area contributed by atoms with Crippen LogP contribution in [-0.2, 0) is 42.7 Å². The molecule has 0 saturated carbocycles. The van der Waals surface area contributed by atoms with Crippen LogP contribution in [-0.4, -0.2) is 28.9 Å².